The molecule has 152 valence electrons. The van der Waals surface area contributed by atoms with E-state index in [0.717, 1.165) is 22.4 Å². The summed E-state index contributed by atoms with van der Waals surface area (Å²) in [5.74, 6) is -0.466. The first kappa shape index (κ1) is 21.9. The number of sulfonamides is 1. The Morgan fingerprint density at radius 1 is 1.04 bits per heavy atom. The number of benzene rings is 2. The molecule has 28 heavy (non-hydrogen) atoms. The zero-order valence-electron chi connectivity index (χ0n) is 16.2. The third-order valence-electron chi connectivity index (χ3n) is 4.16. The van der Waals surface area contributed by atoms with Gasteiger partial charge in [-0.15, -0.1) is 0 Å². The zero-order chi connectivity index (χ0) is 21.1. The van der Waals surface area contributed by atoms with Crippen molar-refractivity contribution in [2.75, 3.05) is 23.4 Å². The summed E-state index contributed by atoms with van der Waals surface area (Å²) in [7, 11) is -6.94. The molecule has 1 amide bonds. The zero-order valence-corrected chi connectivity index (χ0v) is 17.8. The molecular formula is C19H24N2O5S2. The molecule has 0 aliphatic carbocycles. The number of sulfone groups is 1. The lowest BCUT2D eigenvalue weighted by Gasteiger charge is -2.23. The molecule has 0 aliphatic rings. The summed E-state index contributed by atoms with van der Waals surface area (Å²) in [6.07, 6.45) is 2.17. The van der Waals surface area contributed by atoms with Crippen molar-refractivity contribution in [3.8, 4) is 0 Å². The summed E-state index contributed by atoms with van der Waals surface area (Å²) >= 11 is 0. The molecule has 0 aliphatic heterocycles. The van der Waals surface area contributed by atoms with Gasteiger partial charge in [-0.2, -0.15) is 0 Å². The van der Waals surface area contributed by atoms with E-state index in [0.29, 0.717) is 11.3 Å². The van der Waals surface area contributed by atoms with Crippen LogP contribution in [0.2, 0.25) is 0 Å². The van der Waals surface area contributed by atoms with Crippen molar-refractivity contribution in [2.24, 2.45) is 0 Å². The molecule has 9 heteroatoms. The summed E-state index contributed by atoms with van der Waals surface area (Å²) < 4.78 is 48.4. The van der Waals surface area contributed by atoms with Crippen molar-refractivity contribution in [2.45, 2.75) is 24.8 Å². The highest BCUT2D eigenvalue weighted by atomic mass is 32.2. The fourth-order valence-corrected chi connectivity index (χ4v) is 4.17. The smallest absolute Gasteiger partial charge is 0.241 e. The average molecular weight is 425 g/mol. The number of carbonyl (C=O) groups excluding carboxylic acids is 1. The summed E-state index contributed by atoms with van der Waals surface area (Å²) in [4.78, 5) is 12.6. The molecule has 0 saturated carbocycles. The standard InChI is InChI=1S/C19H24N2O5S2/c1-14-6-5-7-17(12-14)21(28(4,25)26)13-19(22)20-15(2)16-8-10-18(11-9-16)27(3,23)24/h5-12,15H,13H2,1-4H3,(H,20,22). The second-order valence-electron chi connectivity index (χ2n) is 6.74. The quantitative estimate of drug-likeness (QED) is 0.733. The van der Waals surface area contributed by atoms with Crippen molar-refractivity contribution in [1.29, 1.82) is 0 Å². The van der Waals surface area contributed by atoms with E-state index < -0.39 is 31.8 Å². The monoisotopic (exact) mass is 424 g/mol. The van der Waals surface area contributed by atoms with Crippen LogP contribution in [0.3, 0.4) is 0 Å². The van der Waals surface area contributed by atoms with Gasteiger partial charge in [0.25, 0.3) is 0 Å². The molecular weight excluding hydrogens is 400 g/mol. The summed E-state index contributed by atoms with van der Waals surface area (Å²) in [5, 5.41) is 2.75. The largest absolute Gasteiger partial charge is 0.348 e. The first-order valence-electron chi connectivity index (χ1n) is 8.51. The Morgan fingerprint density at radius 2 is 1.64 bits per heavy atom. The molecule has 1 atom stereocenters. The van der Waals surface area contributed by atoms with Crippen LogP contribution < -0.4 is 9.62 Å². The number of hydrogen-bond donors (Lipinski definition) is 1. The molecule has 2 aromatic rings. The van der Waals surface area contributed by atoms with Crippen molar-refractivity contribution in [1.82, 2.24) is 5.32 Å². The number of hydrogen-bond acceptors (Lipinski definition) is 5. The first-order chi connectivity index (χ1) is 12.9. The van der Waals surface area contributed by atoms with Crippen LogP contribution >= 0.6 is 0 Å². The van der Waals surface area contributed by atoms with Gasteiger partial charge in [0, 0.05) is 6.26 Å². The Kier molecular flexibility index (Phi) is 6.51. The molecule has 0 saturated heterocycles. The van der Waals surface area contributed by atoms with Crippen molar-refractivity contribution < 1.29 is 21.6 Å². The number of nitrogens with zero attached hydrogens (tertiary/aromatic N) is 1. The highest BCUT2D eigenvalue weighted by molar-refractivity contribution is 7.92. The summed E-state index contributed by atoms with van der Waals surface area (Å²) in [5.41, 5.74) is 2.01. The van der Waals surface area contributed by atoms with Crippen LogP contribution in [0.15, 0.2) is 53.4 Å². The van der Waals surface area contributed by atoms with E-state index in [2.05, 4.69) is 5.32 Å². The minimum atomic E-state index is -3.65. The molecule has 7 nitrogen and oxygen atoms in total. The minimum absolute atomic E-state index is 0.192. The Morgan fingerprint density at radius 3 is 2.14 bits per heavy atom. The van der Waals surface area contributed by atoms with Gasteiger partial charge in [-0.1, -0.05) is 24.3 Å². The average Bonchev–Trinajstić information content (AvgIpc) is 2.58. The van der Waals surface area contributed by atoms with Gasteiger partial charge in [-0.05, 0) is 49.2 Å². The second-order valence-corrected chi connectivity index (χ2v) is 10.7. The predicted molar refractivity (Wildman–Crippen MR) is 109 cm³/mol. The Balaban J connectivity index is 2.14. The van der Waals surface area contributed by atoms with Crippen LogP contribution in [0.1, 0.15) is 24.1 Å². The van der Waals surface area contributed by atoms with Crippen LogP contribution in [-0.2, 0) is 24.7 Å². The third kappa shape index (κ3) is 5.80. The first-order valence-corrected chi connectivity index (χ1v) is 12.3. The van der Waals surface area contributed by atoms with Crippen molar-refractivity contribution in [3.05, 3.63) is 59.7 Å². The van der Waals surface area contributed by atoms with E-state index in [1.165, 1.54) is 12.1 Å². The van der Waals surface area contributed by atoms with Crippen LogP contribution in [0.4, 0.5) is 5.69 Å². The number of anilines is 1. The molecule has 1 unspecified atom stereocenters. The number of carbonyl (C=O) groups is 1. The maximum absolute atomic E-state index is 12.5. The van der Waals surface area contributed by atoms with E-state index in [-0.39, 0.29) is 11.4 Å². The highest BCUT2D eigenvalue weighted by Crippen LogP contribution is 2.20. The summed E-state index contributed by atoms with van der Waals surface area (Å²) in [6.45, 7) is 3.23. The van der Waals surface area contributed by atoms with Gasteiger partial charge in [-0.3, -0.25) is 9.10 Å². The van der Waals surface area contributed by atoms with Gasteiger partial charge in [0.15, 0.2) is 9.84 Å². The lowest BCUT2D eigenvalue weighted by Crippen LogP contribution is -2.41. The fraction of sp³-hybridized carbons (Fsp3) is 0.316. The Bertz CT molecular complexity index is 1060. The topological polar surface area (TPSA) is 101 Å². The molecule has 0 aromatic heterocycles. The maximum Gasteiger partial charge on any atom is 0.241 e. The molecule has 0 spiro atoms. The van der Waals surface area contributed by atoms with Gasteiger partial charge < -0.3 is 5.32 Å². The molecule has 2 aromatic carbocycles. The van der Waals surface area contributed by atoms with Crippen LogP contribution in [0.5, 0.6) is 0 Å². The van der Waals surface area contributed by atoms with Gasteiger partial charge in [0.2, 0.25) is 15.9 Å². The van der Waals surface area contributed by atoms with Gasteiger partial charge in [0.1, 0.15) is 6.54 Å². The predicted octanol–water partition coefficient (Wildman–Crippen LogP) is 2.04. The molecule has 0 heterocycles. The van der Waals surface area contributed by atoms with Gasteiger partial charge in [-0.25, -0.2) is 16.8 Å². The number of nitrogens with one attached hydrogen (secondary N) is 1. The van der Waals surface area contributed by atoms with Crippen molar-refractivity contribution >= 4 is 31.5 Å². The van der Waals surface area contributed by atoms with Crippen LogP contribution in [0.25, 0.3) is 0 Å². The number of aryl methyl sites for hydroxylation is 1. The minimum Gasteiger partial charge on any atom is -0.348 e. The van der Waals surface area contributed by atoms with Crippen molar-refractivity contribution in [3.63, 3.8) is 0 Å². The van der Waals surface area contributed by atoms with E-state index in [9.17, 15) is 21.6 Å². The highest BCUT2D eigenvalue weighted by Gasteiger charge is 2.22. The molecule has 1 N–H and O–H groups in total. The van der Waals surface area contributed by atoms with Crippen LogP contribution in [0, 0.1) is 6.92 Å². The lowest BCUT2D eigenvalue weighted by atomic mass is 10.1. The molecule has 2 rings (SSSR count). The fourth-order valence-electron chi connectivity index (χ4n) is 2.69. The van der Waals surface area contributed by atoms with E-state index in [1.54, 1.807) is 37.3 Å². The SMILES string of the molecule is Cc1cccc(N(CC(=O)NC(C)c2ccc(S(C)(=O)=O)cc2)S(C)(=O)=O)c1. The van der Waals surface area contributed by atoms with Gasteiger partial charge in [0.05, 0.1) is 22.9 Å². The summed E-state index contributed by atoms with van der Waals surface area (Å²) in [6, 6.07) is 12.7. The Labute approximate surface area is 166 Å². The molecule has 0 bridgehead atoms. The Hall–Kier alpha value is -2.39. The maximum atomic E-state index is 12.5. The third-order valence-corrected chi connectivity index (χ3v) is 6.43. The normalized spacial score (nSPS) is 13.0. The van der Waals surface area contributed by atoms with E-state index in [4.69, 9.17) is 0 Å². The van der Waals surface area contributed by atoms with Gasteiger partial charge >= 0.3 is 0 Å². The number of rotatable bonds is 7. The lowest BCUT2D eigenvalue weighted by molar-refractivity contribution is -0.120. The second kappa shape index (κ2) is 8.32. The van der Waals surface area contributed by atoms with Crippen LogP contribution in [-0.4, -0.2) is 41.8 Å². The van der Waals surface area contributed by atoms with E-state index in [1.807, 2.05) is 13.0 Å². The molecule has 0 radical (unpaired) electrons. The molecule has 0 fully saturated rings. The number of amides is 1. The van der Waals surface area contributed by atoms with E-state index >= 15 is 0 Å².